The monoisotopic (exact) mass is 375 g/mol. The Labute approximate surface area is 164 Å². The maximum absolute atomic E-state index is 13.2. The highest BCUT2D eigenvalue weighted by molar-refractivity contribution is 5.88. The van der Waals surface area contributed by atoms with Crippen molar-refractivity contribution in [2.75, 3.05) is 27.2 Å². The van der Waals surface area contributed by atoms with Gasteiger partial charge in [-0.1, -0.05) is 13.8 Å². The average molecular weight is 376 g/mol. The van der Waals surface area contributed by atoms with Gasteiger partial charge < -0.3 is 9.64 Å². The molecule has 0 saturated heterocycles. The van der Waals surface area contributed by atoms with E-state index < -0.39 is 0 Å². The van der Waals surface area contributed by atoms with Gasteiger partial charge in [-0.3, -0.25) is 9.59 Å². The van der Waals surface area contributed by atoms with Crippen LogP contribution in [0.4, 0.5) is 0 Å². The lowest BCUT2D eigenvalue weighted by Crippen LogP contribution is -2.57. The summed E-state index contributed by atoms with van der Waals surface area (Å²) in [7, 11) is 4.13. The van der Waals surface area contributed by atoms with E-state index in [1.807, 2.05) is 0 Å². The molecule has 0 bridgehead atoms. The number of carbonyl (C=O) groups is 2. The molecule has 4 heteroatoms. The normalized spacial score (nSPS) is 46.9. The second kappa shape index (κ2) is 6.95. The molecule has 0 aromatic carbocycles. The van der Waals surface area contributed by atoms with Crippen LogP contribution in [0.1, 0.15) is 65.2 Å². The fourth-order valence-corrected chi connectivity index (χ4v) is 7.33. The fourth-order valence-electron chi connectivity index (χ4n) is 7.33. The van der Waals surface area contributed by atoms with Crippen molar-refractivity contribution in [2.45, 2.75) is 71.3 Å². The highest BCUT2D eigenvalue weighted by Gasteiger charge is 2.62. The van der Waals surface area contributed by atoms with Gasteiger partial charge in [-0.2, -0.15) is 0 Å². The van der Waals surface area contributed by atoms with E-state index in [2.05, 4.69) is 32.8 Å². The summed E-state index contributed by atoms with van der Waals surface area (Å²) in [6.45, 7) is 6.27. The summed E-state index contributed by atoms with van der Waals surface area (Å²) in [5, 5.41) is 0. The highest BCUT2D eigenvalue weighted by Crippen LogP contribution is 2.64. The number of ketones is 2. The molecule has 0 unspecified atom stereocenters. The van der Waals surface area contributed by atoms with Crippen molar-refractivity contribution in [3.05, 3.63) is 0 Å². The molecule has 0 radical (unpaired) electrons. The Balaban J connectivity index is 1.49. The van der Waals surface area contributed by atoms with Crippen molar-refractivity contribution in [2.24, 2.45) is 34.5 Å². The second-order valence-corrected chi connectivity index (χ2v) is 10.6. The topological polar surface area (TPSA) is 46.6 Å². The summed E-state index contributed by atoms with van der Waals surface area (Å²) in [6, 6.07) is 0. The van der Waals surface area contributed by atoms with Gasteiger partial charge in [-0.25, -0.2) is 0 Å². The van der Waals surface area contributed by atoms with Gasteiger partial charge in [-0.15, -0.1) is 0 Å². The van der Waals surface area contributed by atoms with E-state index in [1.165, 1.54) is 0 Å². The lowest BCUT2D eigenvalue weighted by atomic mass is 9.45. The van der Waals surface area contributed by atoms with Crippen molar-refractivity contribution in [3.63, 3.8) is 0 Å². The maximum atomic E-state index is 13.2. The van der Waals surface area contributed by atoms with Crippen LogP contribution in [0.15, 0.2) is 0 Å². The first-order valence-corrected chi connectivity index (χ1v) is 11.1. The van der Waals surface area contributed by atoms with Crippen molar-refractivity contribution in [1.82, 2.24) is 4.90 Å². The molecule has 7 atom stereocenters. The van der Waals surface area contributed by atoms with Crippen molar-refractivity contribution in [3.8, 4) is 0 Å². The van der Waals surface area contributed by atoms with E-state index in [9.17, 15) is 9.59 Å². The number of hydrogen-bond donors (Lipinski definition) is 0. The third-order valence-corrected chi connectivity index (χ3v) is 9.01. The smallest absolute Gasteiger partial charge is 0.139 e. The number of likely N-dealkylation sites (N-methyl/N-ethyl adjacent to an activating group) is 1. The predicted octanol–water partition coefficient (Wildman–Crippen LogP) is 3.72. The van der Waals surface area contributed by atoms with Crippen LogP contribution in [-0.2, 0) is 14.3 Å². The zero-order chi connectivity index (χ0) is 19.4. The maximum Gasteiger partial charge on any atom is 0.139 e. The third-order valence-electron chi connectivity index (χ3n) is 9.01. The molecule has 4 saturated carbocycles. The van der Waals surface area contributed by atoms with E-state index in [0.717, 1.165) is 58.1 Å². The van der Waals surface area contributed by atoms with Crippen LogP contribution in [0.3, 0.4) is 0 Å². The molecule has 152 valence electrons. The molecule has 4 rings (SSSR count). The molecule has 0 aromatic heterocycles. The molecule has 0 amide bonds. The Morgan fingerprint density at radius 3 is 2.59 bits per heavy atom. The van der Waals surface area contributed by atoms with Gasteiger partial charge in [0.15, 0.2) is 0 Å². The first-order chi connectivity index (χ1) is 12.8. The summed E-state index contributed by atoms with van der Waals surface area (Å²) in [5.41, 5.74) is -0.0223. The van der Waals surface area contributed by atoms with Crippen molar-refractivity contribution in [1.29, 1.82) is 0 Å². The number of fused-ring (bicyclic) bond motifs is 5. The molecule has 4 aliphatic carbocycles. The van der Waals surface area contributed by atoms with E-state index in [0.29, 0.717) is 35.7 Å². The van der Waals surface area contributed by atoms with Crippen LogP contribution >= 0.6 is 0 Å². The largest absolute Gasteiger partial charge is 0.377 e. The van der Waals surface area contributed by atoms with Crippen LogP contribution in [0.25, 0.3) is 0 Å². The minimum absolute atomic E-state index is 0.119. The molecule has 4 fully saturated rings. The number of rotatable bonds is 4. The molecule has 0 N–H and O–H groups in total. The second-order valence-electron chi connectivity index (χ2n) is 10.6. The van der Waals surface area contributed by atoms with Crippen molar-refractivity contribution >= 4 is 11.6 Å². The first-order valence-electron chi connectivity index (χ1n) is 11.1. The number of nitrogens with zero attached hydrogens (tertiary/aromatic N) is 1. The predicted molar refractivity (Wildman–Crippen MR) is 105 cm³/mol. The standard InChI is InChI=1S/C23H37NO3/c1-22-9-7-15(27-12-11-24(3)4)13-19(22)20(25)14-16-17-5-6-21(26)23(17,2)10-8-18(16)22/h15-19H,5-14H2,1-4H3/t15-,16-,17-,18-,19+,22+,23-/m0/s1. The Morgan fingerprint density at radius 2 is 1.85 bits per heavy atom. The zero-order valence-corrected chi connectivity index (χ0v) is 17.6. The average Bonchev–Trinajstić information content (AvgIpc) is 2.91. The highest BCUT2D eigenvalue weighted by atomic mass is 16.5. The molecule has 0 spiro atoms. The van der Waals surface area contributed by atoms with Gasteiger partial charge in [0.25, 0.3) is 0 Å². The van der Waals surface area contributed by atoms with E-state index in [4.69, 9.17) is 4.74 Å². The van der Waals surface area contributed by atoms with Gasteiger partial charge in [0, 0.05) is 30.7 Å². The Kier molecular flexibility index (Phi) is 5.04. The SMILES string of the molecule is CN(C)CCO[C@H]1CC[C@@]2(C)[C@H](C1)C(=O)C[C@@H]1[C@@H]2CC[C@]2(C)C(=O)CC[C@@H]12. The van der Waals surface area contributed by atoms with Crippen LogP contribution in [-0.4, -0.2) is 49.8 Å². The molecular formula is C23H37NO3. The molecule has 0 aromatic rings. The van der Waals surface area contributed by atoms with E-state index in [1.54, 1.807) is 0 Å². The molecule has 4 aliphatic rings. The number of hydrogen-bond acceptors (Lipinski definition) is 4. The molecule has 0 heterocycles. The Hall–Kier alpha value is -0.740. The molecule has 27 heavy (non-hydrogen) atoms. The number of Topliss-reactive ketones (excluding diaryl/α,β-unsaturated/α-hetero) is 2. The summed E-state index contributed by atoms with van der Waals surface area (Å²) in [6.07, 6.45) is 7.97. The lowest BCUT2D eigenvalue weighted by molar-refractivity contribution is -0.162. The van der Waals surface area contributed by atoms with Crippen LogP contribution in [0, 0.1) is 34.5 Å². The van der Waals surface area contributed by atoms with Crippen LogP contribution in [0.5, 0.6) is 0 Å². The molecular weight excluding hydrogens is 338 g/mol. The summed E-state index contributed by atoms with van der Waals surface area (Å²) >= 11 is 0. The van der Waals surface area contributed by atoms with E-state index >= 15 is 0 Å². The minimum atomic E-state index is -0.142. The van der Waals surface area contributed by atoms with E-state index in [-0.39, 0.29) is 22.9 Å². The quantitative estimate of drug-likeness (QED) is 0.751. The van der Waals surface area contributed by atoms with Gasteiger partial charge in [0.05, 0.1) is 12.7 Å². The number of carbonyl (C=O) groups excluding carboxylic acids is 2. The lowest BCUT2D eigenvalue weighted by Gasteiger charge is -2.59. The zero-order valence-electron chi connectivity index (χ0n) is 17.6. The van der Waals surface area contributed by atoms with Gasteiger partial charge in [0.2, 0.25) is 0 Å². The summed E-state index contributed by atoms with van der Waals surface area (Å²) in [4.78, 5) is 27.9. The summed E-state index contributed by atoms with van der Waals surface area (Å²) < 4.78 is 6.13. The van der Waals surface area contributed by atoms with Crippen molar-refractivity contribution < 1.29 is 14.3 Å². The Morgan fingerprint density at radius 1 is 1.07 bits per heavy atom. The fraction of sp³-hybridized carbons (Fsp3) is 0.913. The first kappa shape index (κ1) is 19.6. The van der Waals surface area contributed by atoms with Crippen LogP contribution < -0.4 is 0 Å². The third kappa shape index (κ3) is 3.11. The Bertz CT molecular complexity index is 617. The van der Waals surface area contributed by atoms with Gasteiger partial charge in [0.1, 0.15) is 11.6 Å². The van der Waals surface area contributed by atoms with Gasteiger partial charge in [-0.05, 0) is 75.8 Å². The van der Waals surface area contributed by atoms with Gasteiger partial charge >= 0.3 is 0 Å². The molecule has 4 nitrogen and oxygen atoms in total. The summed E-state index contributed by atoms with van der Waals surface area (Å²) in [5.74, 6) is 2.59. The minimum Gasteiger partial charge on any atom is -0.377 e. The number of ether oxygens (including phenoxy) is 1. The molecule has 0 aliphatic heterocycles. The van der Waals surface area contributed by atoms with Crippen LogP contribution in [0.2, 0.25) is 0 Å².